The summed E-state index contributed by atoms with van der Waals surface area (Å²) in [4.78, 5) is 53.0. The Hall–Kier alpha value is -3.72. The molecule has 0 fully saturated rings. The van der Waals surface area contributed by atoms with Crippen LogP contribution in [0.4, 0.5) is 5.00 Å². The molecule has 3 aromatic rings. The minimum Gasteiger partial charge on any atom is -0.467 e. The number of hydrogen-bond donors (Lipinski definition) is 2. The van der Waals surface area contributed by atoms with Gasteiger partial charge in [-0.25, -0.2) is 0 Å². The predicted molar refractivity (Wildman–Crippen MR) is 135 cm³/mol. The van der Waals surface area contributed by atoms with Crippen molar-refractivity contribution in [1.82, 2.24) is 10.2 Å². The van der Waals surface area contributed by atoms with Crippen LogP contribution in [0.25, 0.3) is 0 Å². The largest absolute Gasteiger partial charge is 0.467 e. The number of nitrogens with one attached hydrogen (secondary N) is 2. The Bertz CT molecular complexity index is 1280. The monoisotopic (exact) mass is 505 g/mol. The van der Waals surface area contributed by atoms with Crippen molar-refractivity contribution in [3.63, 3.8) is 0 Å². The molecule has 36 heavy (non-hydrogen) atoms. The molecule has 4 amide bonds. The predicted octanol–water partition coefficient (Wildman–Crippen LogP) is 4.55. The number of fused-ring (bicyclic) bond motifs is 2. The van der Waals surface area contributed by atoms with Gasteiger partial charge >= 0.3 is 0 Å². The summed E-state index contributed by atoms with van der Waals surface area (Å²) in [6, 6.07) is 10.4. The van der Waals surface area contributed by atoms with Crippen molar-refractivity contribution in [2.75, 3.05) is 11.9 Å². The Balaban J connectivity index is 1.11. The quantitative estimate of drug-likeness (QED) is 0.310. The SMILES string of the molecule is O=C(CCCCCN1C(=O)c2ccccc2C1=O)Nc1sc2c(c1C(=O)NCc1ccco1)CCC2. The van der Waals surface area contributed by atoms with Crippen LogP contribution in [0.5, 0.6) is 0 Å². The molecule has 1 aliphatic carbocycles. The number of amides is 4. The highest BCUT2D eigenvalue weighted by atomic mass is 32.1. The van der Waals surface area contributed by atoms with Gasteiger partial charge in [0.05, 0.1) is 29.5 Å². The number of aryl methyl sites for hydroxylation is 1. The maximum atomic E-state index is 13.0. The van der Waals surface area contributed by atoms with Crippen LogP contribution in [0.2, 0.25) is 0 Å². The summed E-state index contributed by atoms with van der Waals surface area (Å²) in [5.41, 5.74) is 2.51. The van der Waals surface area contributed by atoms with Crippen molar-refractivity contribution in [2.45, 2.75) is 51.5 Å². The minimum atomic E-state index is -0.253. The van der Waals surface area contributed by atoms with Gasteiger partial charge in [-0.15, -0.1) is 11.3 Å². The van der Waals surface area contributed by atoms with Crippen molar-refractivity contribution in [1.29, 1.82) is 0 Å². The zero-order valence-electron chi connectivity index (χ0n) is 19.8. The molecule has 2 aromatic heterocycles. The van der Waals surface area contributed by atoms with E-state index in [4.69, 9.17) is 4.42 Å². The number of carbonyl (C=O) groups excluding carboxylic acids is 4. The van der Waals surface area contributed by atoms with E-state index in [1.165, 1.54) is 16.2 Å². The van der Waals surface area contributed by atoms with Crippen molar-refractivity contribution in [2.24, 2.45) is 0 Å². The molecule has 0 radical (unpaired) electrons. The molecule has 0 bridgehead atoms. The lowest BCUT2D eigenvalue weighted by Crippen LogP contribution is -2.30. The fourth-order valence-electron chi connectivity index (χ4n) is 4.77. The summed E-state index contributed by atoms with van der Waals surface area (Å²) in [6.07, 6.45) is 6.61. The van der Waals surface area contributed by atoms with Crippen LogP contribution in [0.1, 0.15) is 79.4 Å². The summed E-state index contributed by atoms with van der Waals surface area (Å²) in [7, 11) is 0. The van der Waals surface area contributed by atoms with Crippen molar-refractivity contribution in [3.05, 3.63) is 75.6 Å². The topological polar surface area (TPSA) is 109 Å². The fraction of sp³-hybridized carbons (Fsp3) is 0.333. The maximum absolute atomic E-state index is 13.0. The third-order valence-corrected chi connectivity index (χ3v) is 7.78. The van der Waals surface area contributed by atoms with E-state index in [9.17, 15) is 19.2 Å². The highest BCUT2D eigenvalue weighted by Gasteiger charge is 2.34. The first-order valence-electron chi connectivity index (χ1n) is 12.2. The van der Waals surface area contributed by atoms with Crippen LogP contribution in [0.3, 0.4) is 0 Å². The summed E-state index contributed by atoms with van der Waals surface area (Å²) < 4.78 is 5.29. The third kappa shape index (κ3) is 4.83. The number of anilines is 1. The van der Waals surface area contributed by atoms with E-state index >= 15 is 0 Å². The van der Waals surface area contributed by atoms with Gasteiger partial charge in [0.15, 0.2) is 0 Å². The summed E-state index contributed by atoms with van der Waals surface area (Å²) in [5.74, 6) is -0.186. The minimum absolute atomic E-state index is 0.143. The van der Waals surface area contributed by atoms with Gasteiger partial charge in [-0.2, -0.15) is 0 Å². The number of carbonyl (C=O) groups is 4. The molecule has 2 aliphatic rings. The van der Waals surface area contributed by atoms with Gasteiger partial charge in [0.1, 0.15) is 10.8 Å². The van der Waals surface area contributed by atoms with E-state index in [2.05, 4.69) is 10.6 Å². The van der Waals surface area contributed by atoms with Crippen LogP contribution in [-0.2, 0) is 24.2 Å². The normalized spacial score (nSPS) is 14.2. The average Bonchev–Trinajstić information content (AvgIpc) is 3.65. The second-order valence-electron chi connectivity index (χ2n) is 8.99. The lowest BCUT2D eigenvalue weighted by Gasteiger charge is -2.13. The molecule has 5 rings (SSSR count). The second kappa shape index (κ2) is 10.5. The number of hydrogen-bond acceptors (Lipinski definition) is 6. The number of benzene rings is 1. The van der Waals surface area contributed by atoms with E-state index < -0.39 is 0 Å². The molecule has 0 spiro atoms. The summed E-state index contributed by atoms with van der Waals surface area (Å²) >= 11 is 1.49. The number of unbranched alkanes of at least 4 members (excludes halogenated alkanes) is 2. The Kier molecular flexibility index (Phi) is 6.99. The summed E-state index contributed by atoms with van der Waals surface area (Å²) in [5, 5.41) is 6.45. The van der Waals surface area contributed by atoms with Crippen molar-refractivity contribution < 1.29 is 23.6 Å². The van der Waals surface area contributed by atoms with E-state index in [-0.39, 0.29) is 30.2 Å². The molecule has 1 aromatic carbocycles. The molecule has 1 aliphatic heterocycles. The number of furan rings is 1. The van der Waals surface area contributed by atoms with Gasteiger partial charge in [0.25, 0.3) is 17.7 Å². The van der Waals surface area contributed by atoms with E-state index in [1.54, 1.807) is 42.7 Å². The molecule has 8 nitrogen and oxygen atoms in total. The van der Waals surface area contributed by atoms with E-state index in [0.717, 1.165) is 29.7 Å². The number of rotatable bonds is 10. The Labute approximate surface area is 212 Å². The number of thiophene rings is 1. The van der Waals surface area contributed by atoms with Gasteiger partial charge in [-0.1, -0.05) is 18.6 Å². The number of nitrogens with zero attached hydrogens (tertiary/aromatic N) is 1. The molecule has 2 N–H and O–H groups in total. The van der Waals surface area contributed by atoms with Gasteiger partial charge in [0.2, 0.25) is 5.91 Å². The molecule has 0 saturated carbocycles. The van der Waals surface area contributed by atoms with E-state index in [1.807, 2.05) is 0 Å². The van der Waals surface area contributed by atoms with Crippen LogP contribution in [0.15, 0.2) is 47.1 Å². The molecular weight excluding hydrogens is 478 g/mol. The van der Waals surface area contributed by atoms with Crippen LogP contribution < -0.4 is 10.6 Å². The van der Waals surface area contributed by atoms with Crippen LogP contribution in [-0.4, -0.2) is 35.1 Å². The highest BCUT2D eigenvalue weighted by Crippen LogP contribution is 2.39. The Morgan fingerprint density at radius 3 is 2.47 bits per heavy atom. The third-order valence-electron chi connectivity index (χ3n) is 6.57. The lowest BCUT2D eigenvalue weighted by atomic mass is 10.1. The zero-order chi connectivity index (χ0) is 25.1. The summed E-state index contributed by atoms with van der Waals surface area (Å²) in [6.45, 7) is 0.628. The van der Waals surface area contributed by atoms with Crippen molar-refractivity contribution in [3.8, 4) is 0 Å². The van der Waals surface area contributed by atoms with Gasteiger partial charge in [-0.3, -0.25) is 24.1 Å². The molecule has 0 saturated heterocycles. The first-order valence-corrected chi connectivity index (χ1v) is 13.0. The molecule has 3 heterocycles. The van der Waals surface area contributed by atoms with Gasteiger partial charge < -0.3 is 15.1 Å². The smallest absolute Gasteiger partial charge is 0.261 e. The van der Waals surface area contributed by atoms with Crippen LogP contribution >= 0.6 is 11.3 Å². The molecular formula is C27H27N3O5S. The highest BCUT2D eigenvalue weighted by molar-refractivity contribution is 7.17. The second-order valence-corrected chi connectivity index (χ2v) is 10.1. The Morgan fingerprint density at radius 2 is 1.75 bits per heavy atom. The maximum Gasteiger partial charge on any atom is 0.261 e. The molecule has 0 atom stereocenters. The van der Waals surface area contributed by atoms with Gasteiger partial charge in [-0.05, 0) is 61.9 Å². The standard InChI is InChI=1S/C27H27N3O5S/c31-22(13-2-1-5-14-30-26(33)18-9-3-4-10-19(18)27(30)34)29-25-23(20-11-6-12-21(20)36-25)24(32)28-16-17-8-7-15-35-17/h3-4,7-10,15H,1-2,5-6,11-14,16H2,(H,28,32)(H,29,31). The van der Waals surface area contributed by atoms with E-state index in [0.29, 0.717) is 59.7 Å². The van der Waals surface area contributed by atoms with Crippen molar-refractivity contribution >= 4 is 40.0 Å². The average molecular weight is 506 g/mol. The molecule has 9 heteroatoms. The fourth-order valence-corrected chi connectivity index (χ4v) is 6.07. The van der Waals surface area contributed by atoms with Gasteiger partial charge in [0, 0.05) is 17.8 Å². The van der Waals surface area contributed by atoms with Crippen LogP contribution in [0, 0.1) is 0 Å². The first kappa shape index (κ1) is 24.0. The molecule has 0 unspecified atom stereocenters. The lowest BCUT2D eigenvalue weighted by molar-refractivity contribution is -0.116. The Morgan fingerprint density at radius 1 is 0.972 bits per heavy atom. The molecule has 186 valence electrons. The first-order chi connectivity index (χ1) is 17.5. The number of imide groups is 1. The zero-order valence-corrected chi connectivity index (χ0v) is 20.6.